The lowest BCUT2D eigenvalue weighted by molar-refractivity contribution is -0.0435. The average Bonchev–Trinajstić information content (AvgIpc) is 2.07. The van der Waals surface area contributed by atoms with Crippen molar-refractivity contribution in [2.75, 3.05) is 5.73 Å². The molecule has 0 saturated heterocycles. The minimum atomic E-state index is -5.59. The molecule has 1 rings (SSSR count). The third kappa shape index (κ3) is 1.89. The van der Waals surface area contributed by atoms with Crippen LogP contribution in [0, 0.1) is 5.82 Å². The Morgan fingerprint density at radius 2 is 1.73 bits per heavy atom. The maximum Gasteiger partial charge on any atom is 0.501 e. The number of rotatable bonds is 1. The molecule has 0 amide bonds. The van der Waals surface area contributed by atoms with E-state index < -0.39 is 31.7 Å². The molecule has 0 aromatic heterocycles. The lowest BCUT2D eigenvalue weighted by Gasteiger charge is -2.10. The number of hydrogen-bond donors (Lipinski definition) is 1. The number of sulfone groups is 1. The van der Waals surface area contributed by atoms with Gasteiger partial charge in [0, 0.05) is 0 Å². The van der Waals surface area contributed by atoms with Crippen LogP contribution in [0.4, 0.5) is 23.2 Å². The van der Waals surface area contributed by atoms with Gasteiger partial charge in [-0.05, 0) is 12.1 Å². The molecular weight excluding hydrogens is 238 g/mol. The summed E-state index contributed by atoms with van der Waals surface area (Å²) in [5, 5.41) is 0. The maximum absolute atomic E-state index is 12.7. The number of benzene rings is 1. The number of nitrogens with two attached hydrogens (primary N) is 1. The fourth-order valence-electron chi connectivity index (χ4n) is 0.876. The average molecular weight is 243 g/mol. The molecule has 0 aliphatic heterocycles. The number of para-hydroxylation sites is 1. The van der Waals surface area contributed by atoms with E-state index in [-0.39, 0.29) is 0 Å². The summed E-state index contributed by atoms with van der Waals surface area (Å²) in [7, 11) is -5.59. The predicted molar refractivity (Wildman–Crippen MR) is 44.1 cm³/mol. The smallest absolute Gasteiger partial charge is 0.395 e. The Morgan fingerprint density at radius 1 is 1.20 bits per heavy atom. The summed E-state index contributed by atoms with van der Waals surface area (Å²) < 4.78 is 70.6. The minimum Gasteiger partial charge on any atom is -0.395 e. The van der Waals surface area contributed by atoms with Gasteiger partial charge < -0.3 is 5.73 Å². The Kier molecular flexibility index (Phi) is 2.64. The van der Waals surface area contributed by atoms with Gasteiger partial charge in [0.2, 0.25) is 0 Å². The lowest BCUT2D eigenvalue weighted by atomic mass is 10.3. The van der Waals surface area contributed by atoms with Crippen molar-refractivity contribution >= 4 is 15.5 Å². The van der Waals surface area contributed by atoms with Crippen molar-refractivity contribution in [3.8, 4) is 0 Å². The summed E-state index contributed by atoms with van der Waals surface area (Å²) in [6.07, 6.45) is 0. The molecule has 0 saturated carbocycles. The number of hydrogen-bond acceptors (Lipinski definition) is 3. The van der Waals surface area contributed by atoms with Gasteiger partial charge in [-0.3, -0.25) is 0 Å². The highest BCUT2D eigenvalue weighted by Gasteiger charge is 2.48. The molecule has 0 heterocycles. The molecule has 0 radical (unpaired) electrons. The van der Waals surface area contributed by atoms with Crippen LogP contribution in [0.2, 0.25) is 0 Å². The molecule has 84 valence electrons. The topological polar surface area (TPSA) is 60.2 Å². The first kappa shape index (κ1) is 11.8. The highest BCUT2D eigenvalue weighted by molar-refractivity contribution is 7.92. The molecule has 1 aromatic rings. The normalized spacial score (nSPS) is 12.8. The highest BCUT2D eigenvalue weighted by atomic mass is 32.2. The Labute approximate surface area is 82.4 Å². The summed E-state index contributed by atoms with van der Waals surface area (Å²) >= 11 is 0. The molecule has 3 nitrogen and oxygen atoms in total. The summed E-state index contributed by atoms with van der Waals surface area (Å²) in [6.45, 7) is 0. The zero-order valence-electron chi connectivity index (χ0n) is 7.05. The van der Waals surface area contributed by atoms with Crippen LogP contribution >= 0.6 is 0 Å². The van der Waals surface area contributed by atoms with Gasteiger partial charge in [-0.1, -0.05) is 6.07 Å². The fourth-order valence-corrected chi connectivity index (χ4v) is 1.77. The van der Waals surface area contributed by atoms with E-state index >= 15 is 0 Å². The lowest BCUT2D eigenvalue weighted by Crippen LogP contribution is -2.24. The van der Waals surface area contributed by atoms with E-state index in [0.717, 1.165) is 12.1 Å². The van der Waals surface area contributed by atoms with Gasteiger partial charge in [0.1, 0.15) is 10.7 Å². The SMILES string of the molecule is Nc1c(F)cccc1S(=O)(=O)C(F)(F)F. The molecule has 0 aliphatic rings. The molecule has 0 spiro atoms. The van der Waals surface area contributed by atoms with E-state index in [4.69, 9.17) is 5.73 Å². The van der Waals surface area contributed by atoms with Gasteiger partial charge in [-0.15, -0.1) is 0 Å². The van der Waals surface area contributed by atoms with Crippen molar-refractivity contribution in [2.45, 2.75) is 10.4 Å². The molecule has 1 aromatic carbocycles. The van der Waals surface area contributed by atoms with Gasteiger partial charge >= 0.3 is 5.51 Å². The van der Waals surface area contributed by atoms with Gasteiger partial charge in [0.15, 0.2) is 0 Å². The Balaban J connectivity index is 3.49. The number of anilines is 1. The van der Waals surface area contributed by atoms with Gasteiger partial charge in [-0.25, -0.2) is 12.8 Å². The first-order chi connectivity index (χ1) is 6.68. The summed E-state index contributed by atoms with van der Waals surface area (Å²) in [4.78, 5) is -1.27. The van der Waals surface area contributed by atoms with Crippen LogP contribution in [-0.4, -0.2) is 13.9 Å². The monoisotopic (exact) mass is 243 g/mol. The van der Waals surface area contributed by atoms with Gasteiger partial charge in [0.25, 0.3) is 9.84 Å². The van der Waals surface area contributed by atoms with E-state index in [0.29, 0.717) is 6.07 Å². The van der Waals surface area contributed by atoms with Crippen LogP contribution in [0.1, 0.15) is 0 Å². The quantitative estimate of drug-likeness (QED) is 0.603. The van der Waals surface area contributed by atoms with Crippen LogP contribution in [0.5, 0.6) is 0 Å². The first-order valence-electron chi connectivity index (χ1n) is 3.53. The van der Waals surface area contributed by atoms with Crippen molar-refractivity contribution in [2.24, 2.45) is 0 Å². The summed E-state index contributed by atoms with van der Waals surface area (Å²) in [6, 6.07) is 2.20. The van der Waals surface area contributed by atoms with Crippen molar-refractivity contribution in [3.63, 3.8) is 0 Å². The third-order valence-electron chi connectivity index (χ3n) is 1.61. The molecule has 8 heteroatoms. The molecular formula is C7H5F4NO2S. The van der Waals surface area contributed by atoms with E-state index in [1.54, 1.807) is 0 Å². The number of nitrogen functional groups attached to an aromatic ring is 1. The van der Waals surface area contributed by atoms with Crippen molar-refractivity contribution in [1.82, 2.24) is 0 Å². The van der Waals surface area contributed by atoms with E-state index in [2.05, 4.69) is 0 Å². The molecule has 15 heavy (non-hydrogen) atoms. The predicted octanol–water partition coefficient (Wildman–Crippen LogP) is 1.70. The minimum absolute atomic E-state index is 0.598. The molecule has 2 N–H and O–H groups in total. The second-order valence-electron chi connectivity index (χ2n) is 2.60. The molecule has 0 bridgehead atoms. The van der Waals surface area contributed by atoms with Crippen LogP contribution < -0.4 is 5.73 Å². The molecule has 0 fully saturated rings. The van der Waals surface area contributed by atoms with Crippen molar-refractivity contribution in [3.05, 3.63) is 24.0 Å². The van der Waals surface area contributed by atoms with E-state index in [1.165, 1.54) is 0 Å². The molecule has 0 aliphatic carbocycles. The number of halogens is 4. The van der Waals surface area contributed by atoms with Crippen LogP contribution in [-0.2, 0) is 9.84 Å². The second-order valence-corrected chi connectivity index (χ2v) is 4.51. The summed E-state index contributed by atoms with van der Waals surface area (Å²) in [5.74, 6) is -1.21. The molecule has 0 atom stereocenters. The van der Waals surface area contributed by atoms with Crippen molar-refractivity contribution < 1.29 is 26.0 Å². The van der Waals surface area contributed by atoms with Crippen LogP contribution in [0.15, 0.2) is 23.1 Å². The Bertz CT molecular complexity index is 480. The second kappa shape index (κ2) is 3.37. The Morgan fingerprint density at radius 3 is 2.20 bits per heavy atom. The third-order valence-corrected chi connectivity index (χ3v) is 3.15. The van der Waals surface area contributed by atoms with Gasteiger partial charge in [-0.2, -0.15) is 13.2 Å². The standard InChI is InChI=1S/C7H5F4NO2S/c8-4-2-1-3-5(6(4)12)15(13,14)7(9,10)11/h1-3H,12H2. The van der Waals surface area contributed by atoms with Crippen LogP contribution in [0.25, 0.3) is 0 Å². The van der Waals surface area contributed by atoms with Crippen molar-refractivity contribution in [1.29, 1.82) is 0 Å². The van der Waals surface area contributed by atoms with Gasteiger partial charge in [0.05, 0.1) is 5.69 Å². The highest BCUT2D eigenvalue weighted by Crippen LogP contribution is 2.33. The van der Waals surface area contributed by atoms with E-state index in [1.807, 2.05) is 0 Å². The molecule has 0 unspecified atom stereocenters. The zero-order valence-corrected chi connectivity index (χ0v) is 7.86. The number of alkyl halides is 3. The summed E-state index contributed by atoms with van der Waals surface area (Å²) in [5.41, 5.74) is -1.61. The Hall–Kier alpha value is -1.31. The van der Waals surface area contributed by atoms with Crippen LogP contribution in [0.3, 0.4) is 0 Å². The van der Waals surface area contributed by atoms with E-state index in [9.17, 15) is 26.0 Å². The maximum atomic E-state index is 12.7. The first-order valence-corrected chi connectivity index (χ1v) is 5.01. The largest absolute Gasteiger partial charge is 0.501 e. The fraction of sp³-hybridized carbons (Fsp3) is 0.143. The zero-order chi connectivity index (χ0) is 11.9.